The van der Waals surface area contributed by atoms with Crippen molar-refractivity contribution in [2.45, 2.75) is 13.0 Å². The summed E-state index contributed by atoms with van der Waals surface area (Å²) in [4.78, 5) is 25.4. The van der Waals surface area contributed by atoms with Crippen LogP contribution in [0.3, 0.4) is 0 Å². The second-order valence-corrected chi connectivity index (χ2v) is 5.51. The van der Waals surface area contributed by atoms with E-state index in [1.165, 1.54) is 4.90 Å². The monoisotopic (exact) mass is 315 g/mol. The fourth-order valence-corrected chi connectivity index (χ4v) is 2.63. The fraction of sp³-hybridized carbons (Fsp3) is 0.176. The summed E-state index contributed by atoms with van der Waals surface area (Å²) < 4.78 is 5.22. The lowest BCUT2D eigenvalue weighted by Crippen LogP contribution is -2.33. The Balaban J connectivity index is 1.64. The molecule has 22 heavy (non-hydrogen) atoms. The molecular formula is C17H14ClNO3. The second kappa shape index (κ2) is 6.20. The van der Waals surface area contributed by atoms with Gasteiger partial charge in [-0.25, -0.2) is 0 Å². The van der Waals surface area contributed by atoms with Crippen LogP contribution in [0, 0.1) is 0 Å². The van der Waals surface area contributed by atoms with Gasteiger partial charge >= 0.3 is 5.97 Å². The van der Waals surface area contributed by atoms with Crippen LogP contribution in [-0.4, -0.2) is 18.4 Å². The molecule has 0 fully saturated rings. The fourth-order valence-electron chi connectivity index (χ4n) is 2.44. The number of rotatable bonds is 4. The van der Waals surface area contributed by atoms with Crippen molar-refractivity contribution in [1.82, 2.24) is 0 Å². The minimum Gasteiger partial charge on any atom is -0.459 e. The van der Waals surface area contributed by atoms with E-state index < -0.39 is 5.97 Å². The highest BCUT2D eigenvalue weighted by Gasteiger charge is 2.29. The third-order valence-electron chi connectivity index (χ3n) is 3.50. The van der Waals surface area contributed by atoms with Crippen molar-refractivity contribution in [3.8, 4) is 0 Å². The molecular weight excluding hydrogens is 302 g/mol. The maximum Gasteiger partial charge on any atom is 0.326 e. The molecule has 0 N–H and O–H groups in total. The quantitative estimate of drug-likeness (QED) is 0.815. The van der Waals surface area contributed by atoms with Gasteiger partial charge < -0.3 is 9.64 Å². The second-order valence-electron chi connectivity index (χ2n) is 5.08. The van der Waals surface area contributed by atoms with Crippen molar-refractivity contribution in [2.75, 3.05) is 11.4 Å². The molecule has 0 saturated carbocycles. The zero-order valence-electron chi connectivity index (χ0n) is 11.8. The zero-order valence-corrected chi connectivity index (χ0v) is 12.5. The highest BCUT2D eigenvalue weighted by atomic mass is 35.5. The Kier molecular flexibility index (Phi) is 4.11. The average Bonchev–Trinajstić information content (AvgIpc) is 2.81. The van der Waals surface area contributed by atoms with Gasteiger partial charge in [-0.3, -0.25) is 9.59 Å². The Bertz CT molecular complexity index is 715. The molecule has 2 aromatic rings. The molecule has 0 unspecified atom stereocenters. The topological polar surface area (TPSA) is 46.6 Å². The molecule has 1 amide bonds. The van der Waals surface area contributed by atoms with Gasteiger partial charge in [0.1, 0.15) is 13.2 Å². The molecule has 112 valence electrons. The number of ether oxygens (including phenoxy) is 1. The first kappa shape index (κ1) is 14.6. The largest absolute Gasteiger partial charge is 0.459 e. The van der Waals surface area contributed by atoms with E-state index in [1.807, 2.05) is 30.3 Å². The predicted molar refractivity (Wildman–Crippen MR) is 83.7 cm³/mol. The van der Waals surface area contributed by atoms with Gasteiger partial charge in [-0.15, -0.1) is 0 Å². The molecule has 3 rings (SSSR count). The van der Waals surface area contributed by atoms with Crippen molar-refractivity contribution >= 4 is 29.2 Å². The SMILES string of the molecule is O=C(CN1C(=O)Cc2cc(Cl)ccc21)OCc1ccccc1. The summed E-state index contributed by atoms with van der Waals surface area (Å²) in [7, 11) is 0. The summed E-state index contributed by atoms with van der Waals surface area (Å²) in [5, 5.41) is 0.583. The summed E-state index contributed by atoms with van der Waals surface area (Å²) in [5.74, 6) is -0.547. The standard InChI is InChI=1S/C17H14ClNO3/c18-14-6-7-15-13(8-14)9-16(20)19(15)10-17(21)22-11-12-4-2-1-3-5-12/h1-8H,9-11H2. The van der Waals surface area contributed by atoms with Crippen LogP contribution in [0.5, 0.6) is 0 Å². The molecule has 1 aliphatic heterocycles. The molecule has 1 heterocycles. The summed E-state index contributed by atoms with van der Waals surface area (Å²) in [5.41, 5.74) is 2.48. The Morgan fingerprint density at radius 3 is 2.73 bits per heavy atom. The average molecular weight is 316 g/mol. The van der Waals surface area contributed by atoms with Gasteiger partial charge in [0, 0.05) is 10.7 Å². The van der Waals surface area contributed by atoms with Crippen LogP contribution in [0.2, 0.25) is 5.02 Å². The number of nitrogens with zero attached hydrogens (tertiary/aromatic N) is 1. The number of carbonyl (C=O) groups is 2. The molecule has 0 saturated heterocycles. The van der Waals surface area contributed by atoms with Gasteiger partial charge in [0.25, 0.3) is 0 Å². The first-order valence-corrected chi connectivity index (χ1v) is 7.29. The number of anilines is 1. The minimum atomic E-state index is -0.431. The lowest BCUT2D eigenvalue weighted by Gasteiger charge is -2.16. The first-order chi connectivity index (χ1) is 10.6. The molecule has 0 radical (unpaired) electrons. The van der Waals surface area contributed by atoms with Gasteiger partial charge in [-0.05, 0) is 29.3 Å². The van der Waals surface area contributed by atoms with Crippen molar-refractivity contribution in [2.24, 2.45) is 0 Å². The predicted octanol–water partition coefficient (Wildman–Crippen LogP) is 2.97. The molecule has 0 spiro atoms. The van der Waals surface area contributed by atoms with E-state index in [0.717, 1.165) is 16.8 Å². The van der Waals surface area contributed by atoms with E-state index in [2.05, 4.69) is 0 Å². The molecule has 0 bridgehead atoms. The van der Waals surface area contributed by atoms with Gasteiger partial charge in [-0.2, -0.15) is 0 Å². The van der Waals surface area contributed by atoms with E-state index in [1.54, 1.807) is 18.2 Å². The Labute approximate surface area is 133 Å². The summed E-state index contributed by atoms with van der Waals surface area (Å²) >= 11 is 5.92. The first-order valence-electron chi connectivity index (χ1n) is 6.92. The number of carbonyl (C=O) groups excluding carboxylic acids is 2. The third-order valence-corrected chi connectivity index (χ3v) is 3.74. The number of hydrogen-bond acceptors (Lipinski definition) is 3. The Morgan fingerprint density at radius 2 is 1.95 bits per heavy atom. The number of amides is 1. The van der Waals surface area contributed by atoms with Crippen molar-refractivity contribution in [1.29, 1.82) is 0 Å². The van der Waals surface area contributed by atoms with E-state index in [0.29, 0.717) is 5.02 Å². The molecule has 1 aliphatic rings. The van der Waals surface area contributed by atoms with Crippen LogP contribution in [-0.2, 0) is 27.4 Å². The summed E-state index contributed by atoms with van der Waals surface area (Å²) in [6.07, 6.45) is 0.266. The number of esters is 1. The molecule has 0 aromatic heterocycles. The highest BCUT2D eigenvalue weighted by Crippen LogP contribution is 2.30. The number of halogens is 1. The summed E-state index contributed by atoms with van der Waals surface area (Å²) in [6.45, 7) is 0.121. The van der Waals surface area contributed by atoms with Crippen LogP contribution in [0.4, 0.5) is 5.69 Å². The van der Waals surface area contributed by atoms with E-state index in [-0.39, 0.29) is 25.5 Å². The molecule has 5 heteroatoms. The van der Waals surface area contributed by atoms with Crippen molar-refractivity contribution < 1.29 is 14.3 Å². The zero-order chi connectivity index (χ0) is 15.5. The molecule has 0 aliphatic carbocycles. The Hall–Kier alpha value is -2.33. The number of benzene rings is 2. The maximum absolute atomic E-state index is 12.0. The summed E-state index contributed by atoms with van der Waals surface area (Å²) in [6, 6.07) is 14.6. The van der Waals surface area contributed by atoms with Crippen LogP contribution < -0.4 is 4.90 Å². The normalized spacial score (nSPS) is 13.1. The van der Waals surface area contributed by atoms with Crippen LogP contribution in [0.15, 0.2) is 48.5 Å². The Morgan fingerprint density at radius 1 is 1.18 bits per heavy atom. The highest BCUT2D eigenvalue weighted by molar-refractivity contribution is 6.30. The van der Waals surface area contributed by atoms with E-state index in [9.17, 15) is 9.59 Å². The smallest absolute Gasteiger partial charge is 0.326 e. The van der Waals surface area contributed by atoms with E-state index >= 15 is 0 Å². The molecule has 4 nitrogen and oxygen atoms in total. The maximum atomic E-state index is 12.0. The lowest BCUT2D eigenvalue weighted by atomic mass is 10.2. The van der Waals surface area contributed by atoms with Crippen molar-refractivity contribution in [3.05, 3.63) is 64.7 Å². The number of hydrogen-bond donors (Lipinski definition) is 0. The van der Waals surface area contributed by atoms with Gasteiger partial charge in [0.05, 0.1) is 6.42 Å². The van der Waals surface area contributed by atoms with Crippen LogP contribution >= 0.6 is 11.6 Å². The van der Waals surface area contributed by atoms with Gasteiger partial charge in [0.2, 0.25) is 5.91 Å². The molecule has 2 aromatic carbocycles. The van der Waals surface area contributed by atoms with Gasteiger partial charge in [-0.1, -0.05) is 41.9 Å². The van der Waals surface area contributed by atoms with E-state index in [4.69, 9.17) is 16.3 Å². The minimum absolute atomic E-state index is 0.0830. The van der Waals surface area contributed by atoms with Gasteiger partial charge in [0.15, 0.2) is 0 Å². The van der Waals surface area contributed by atoms with Crippen LogP contribution in [0.25, 0.3) is 0 Å². The molecule has 0 atom stereocenters. The third kappa shape index (κ3) is 3.12. The van der Waals surface area contributed by atoms with Crippen molar-refractivity contribution in [3.63, 3.8) is 0 Å². The number of fused-ring (bicyclic) bond motifs is 1. The van der Waals surface area contributed by atoms with Crippen LogP contribution in [0.1, 0.15) is 11.1 Å². The lowest BCUT2D eigenvalue weighted by molar-refractivity contribution is -0.144.